The molecule has 0 saturated heterocycles. The Morgan fingerprint density at radius 1 is 1.05 bits per heavy atom. The van der Waals surface area contributed by atoms with Gasteiger partial charge >= 0.3 is 0 Å². The molecule has 0 bridgehead atoms. The molecule has 2 aromatic carbocycles. The van der Waals surface area contributed by atoms with Gasteiger partial charge in [-0.1, -0.05) is 12.1 Å². The molecule has 4 heteroatoms. The number of nitrogens with two attached hydrogens (primary N) is 1. The van der Waals surface area contributed by atoms with Gasteiger partial charge in [0.1, 0.15) is 6.07 Å². The van der Waals surface area contributed by atoms with Crippen LogP contribution < -0.4 is 10.6 Å². The Kier molecular flexibility index (Phi) is 3.88. The van der Waals surface area contributed by atoms with Crippen LogP contribution in [-0.4, -0.2) is 7.05 Å². The smallest absolute Gasteiger partial charge is 0.101 e. The largest absolute Gasteiger partial charge is 0.398 e. The summed E-state index contributed by atoms with van der Waals surface area (Å²) < 4.78 is 0. The second kappa shape index (κ2) is 5.77. The van der Waals surface area contributed by atoms with Crippen LogP contribution >= 0.6 is 0 Å². The molecule has 0 fully saturated rings. The molecule has 0 saturated carbocycles. The maximum atomic E-state index is 8.99. The predicted octanol–water partition coefficient (Wildman–Crippen LogP) is 2.65. The van der Waals surface area contributed by atoms with E-state index in [1.165, 1.54) is 0 Å². The van der Waals surface area contributed by atoms with Gasteiger partial charge in [0.15, 0.2) is 0 Å². The van der Waals surface area contributed by atoms with Crippen molar-refractivity contribution < 1.29 is 0 Å². The first kappa shape index (κ1) is 13.5. The third-order valence-corrected chi connectivity index (χ3v) is 3.10. The highest BCUT2D eigenvalue weighted by Gasteiger charge is 2.05. The van der Waals surface area contributed by atoms with Gasteiger partial charge in [0, 0.05) is 25.0 Å². The van der Waals surface area contributed by atoms with E-state index in [1.54, 1.807) is 24.3 Å². The molecule has 2 rings (SSSR count). The third-order valence-electron chi connectivity index (χ3n) is 3.10. The van der Waals surface area contributed by atoms with Crippen LogP contribution in [0.3, 0.4) is 0 Å². The van der Waals surface area contributed by atoms with E-state index in [9.17, 15) is 0 Å². The number of nitrogens with zero attached hydrogens (tertiary/aromatic N) is 3. The number of anilines is 2. The van der Waals surface area contributed by atoms with E-state index in [0.29, 0.717) is 23.4 Å². The molecule has 20 heavy (non-hydrogen) atoms. The molecule has 0 radical (unpaired) electrons. The first-order chi connectivity index (χ1) is 9.63. The monoisotopic (exact) mass is 262 g/mol. The van der Waals surface area contributed by atoms with E-state index in [4.69, 9.17) is 16.3 Å². The minimum absolute atomic E-state index is 0.481. The second-order valence-corrected chi connectivity index (χ2v) is 4.55. The second-order valence-electron chi connectivity index (χ2n) is 4.55. The van der Waals surface area contributed by atoms with Crippen molar-refractivity contribution in [2.75, 3.05) is 17.7 Å². The van der Waals surface area contributed by atoms with E-state index >= 15 is 0 Å². The van der Waals surface area contributed by atoms with Gasteiger partial charge in [0.05, 0.1) is 17.2 Å². The van der Waals surface area contributed by atoms with Gasteiger partial charge in [-0.15, -0.1) is 0 Å². The van der Waals surface area contributed by atoms with E-state index in [-0.39, 0.29) is 0 Å². The first-order valence-corrected chi connectivity index (χ1v) is 6.14. The average Bonchev–Trinajstić information content (AvgIpc) is 2.48. The van der Waals surface area contributed by atoms with Crippen molar-refractivity contribution in [3.63, 3.8) is 0 Å². The van der Waals surface area contributed by atoms with E-state index in [1.807, 2.05) is 30.1 Å². The van der Waals surface area contributed by atoms with Crippen molar-refractivity contribution in [3.05, 3.63) is 59.2 Å². The van der Waals surface area contributed by atoms with Crippen molar-refractivity contribution in [2.45, 2.75) is 6.54 Å². The SMILES string of the molecule is CN(Cc1ccc(C#N)cc1)c1ccc(N)c(C#N)c1. The predicted molar refractivity (Wildman–Crippen MR) is 78.8 cm³/mol. The summed E-state index contributed by atoms with van der Waals surface area (Å²) in [4.78, 5) is 2.03. The summed E-state index contributed by atoms with van der Waals surface area (Å²) in [6, 6.07) is 17.0. The van der Waals surface area contributed by atoms with Crippen molar-refractivity contribution in [2.24, 2.45) is 0 Å². The topological polar surface area (TPSA) is 76.8 Å². The Hall–Kier alpha value is -2.98. The normalized spacial score (nSPS) is 9.55. The van der Waals surface area contributed by atoms with Crippen molar-refractivity contribution in [3.8, 4) is 12.1 Å². The quantitative estimate of drug-likeness (QED) is 0.863. The molecule has 2 aromatic rings. The van der Waals surface area contributed by atoms with E-state index < -0.39 is 0 Å². The molecular formula is C16H14N4. The van der Waals surface area contributed by atoms with Gasteiger partial charge in [0.2, 0.25) is 0 Å². The van der Waals surface area contributed by atoms with Crippen LogP contribution in [0.1, 0.15) is 16.7 Å². The Labute approximate surface area is 118 Å². The zero-order valence-corrected chi connectivity index (χ0v) is 11.2. The van der Waals surface area contributed by atoms with Crippen LogP contribution in [-0.2, 0) is 6.54 Å². The van der Waals surface area contributed by atoms with Crippen molar-refractivity contribution in [1.29, 1.82) is 10.5 Å². The summed E-state index contributed by atoms with van der Waals surface area (Å²) in [5.41, 5.74) is 9.36. The molecule has 0 spiro atoms. The molecule has 98 valence electrons. The molecule has 2 N–H and O–H groups in total. The fraction of sp³-hybridized carbons (Fsp3) is 0.125. The van der Waals surface area contributed by atoms with Gasteiger partial charge in [0.25, 0.3) is 0 Å². The summed E-state index contributed by atoms with van der Waals surface area (Å²) in [7, 11) is 1.95. The molecule has 0 aliphatic rings. The zero-order valence-electron chi connectivity index (χ0n) is 11.2. The lowest BCUT2D eigenvalue weighted by molar-refractivity contribution is 0.923. The molecule has 0 aromatic heterocycles. The molecular weight excluding hydrogens is 248 g/mol. The van der Waals surface area contributed by atoms with Crippen LogP contribution in [0.5, 0.6) is 0 Å². The highest BCUT2D eigenvalue weighted by molar-refractivity contribution is 5.62. The molecule has 0 aliphatic heterocycles. The minimum atomic E-state index is 0.481. The van der Waals surface area contributed by atoms with Gasteiger partial charge in [-0.3, -0.25) is 0 Å². The van der Waals surface area contributed by atoms with Crippen molar-refractivity contribution >= 4 is 11.4 Å². The van der Waals surface area contributed by atoms with Gasteiger partial charge in [-0.05, 0) is 35.9 Å². The van der Waals surface area contributed by atoms with Crippen LogP contribution in [0.2, 0.25) is 0 Å². The number of hydrogen-bond donors (Lipinski definition) is 1. The fourth-order valence-electron chi connectivity index (χ4n) is 1.93. The van der Waals surface area contributed by atoms with Gasteiger partial charge < -0.3 is 10.6 Å². The lowest BCUT2D eigenvalue weighted by atomic mass is 10.1. The molecule has 0 atom stereocenters. The van der Waals surface area contributed by atoms with Crippen LogP contribution in [0.15, 0.2) is 42.5 Å². The van der Waals surface area contributed by atoms with Gasteiger partial charge in [-0.2, -0.15) is 10.5 Å². The number of rotatable bonds is 3. The maximum absolute atomic E-state index is 8.99. The van der Waals surface area contributed by atoms with Crippen LogP contribution in [0.25, 0.3) is 0 Å². The lowest BCUT2D eigenvalue weighted by Crippen LogP contribution is -2.16. The van der Waals surface area contributed by atoms with Crippen LogP contribution in [0.4, 0.5) is 11.4 Å². The summed E-state index contributed by atoms with van der Waals surface area (Å²) in [5.74, 6) is 0. The van der Waals surface area contributed by atoms with E-state index in [2.05, 4.69) is 12.1 Å². The van der Waals surface area contributed by atoms with Crippen LogP contribution in [0, 0.1) is 22.7 Å². The highest BCUT2D eigenvalue weighted by Crippen LogP contribution is 2.21. The average molecular weight is 262 g/mol. The zero-order chi connectivity index (χ0) is 14.5. The lowest BCUT2D eigenvalue weighted by Gasteiger charge is -2.20. The molecule has 0 amide bonds. The Bertz CT molecular complexity index is 690. The maximum Gasteiger partial charge on any atom is 0.101 e. The molecule has 0 unspecified atom stereocenters. The number of hydrogen-bond acceptors (Lipinski definition) is 4. The van der Waals surface area contributed by atoms with Gasteiger partial charge in [-0.25, -0.2) is 0 Å². The third kappa shape index (κ3) is 2.88. The highest BCUT2D eigenvalue weighted by atomic mass is 15.1. The Morgan fingerprint density at radius 3 is 2.35 bits per heavy atom. The molecule has 4 nitrogen and oxygen atoms in total. The molecule has 0 aliphatic carbocycles. The Balaban J connectivity index is 2.17. The van der Waals surface area contributed by atoms with Crippen molar-refractivity contribution in [1.82, 2.24) is 0 Å². The van der Waals surface area contributed by atoms with E-state index in [0.717, 1.165) is 11.3 Å². The minimum Gasteiger partial charge on any atom is -0.398 e. The summed E-state index contributed by atoms with van der Waals surface area (Å²) in [6.07, 6.45) is 0. The fourth-order valence-corrected chi connectivity index (χ4v) is 1.93. The first-order valence-electron chi connectivity index (χ1n) is 6.14. The summed E-state index contributed by atoms with van der Waals surface area (Å²) in [6.45, 7) is 0.695. The molecule has 0 heterocycles. The summed E-state index contributed by atoms with van der Waals surface area (Å²) >= 11 is 0. The summed E-state index contributed by atoms with van der Waals surface area (Å²) in [5, 5.41) is 17.8. The number of nitrogen functional groups attached to an aromatic ring is 1. The number of benzene rings is 2. The Morgan fingerprint density at radius 2 is 1.75 bits per heavy atom. The number of nitriles is 2. The standard InChI is InChI=1S/C16H14N4/c1-20(11-13-4-2-12(9-17)3-5-13)15-6-7-16(19)14(8-15)10-18/h2-8H,11,19H2,1H3.